The van der Waals surface area contributed by atoms with E-state index in [0.29, 0.717) is 17.8 Å². The number of benzene rings is 2. The van der Waals surface area contributed by atoms with E-state index >= 15 is 0 Å². The van der Waals surface area contributed by atoms with E-state index in [1.165, 1.54) is 0 Å². The van der Waals surface area contributed by atoms with Gasteiger partial charge in [0.1, 0.15) is 11.6 Å². The van der Waals surface area contributed by atoms with Crippen LogP contribution in [0.1, 0.15) is 73.5 Å². The number of nitrogens with zero attached hydrogens (tertiary/aromatic N) is 1. The molecule has 0 amide bonds. The number of hydrogen-bond donors (Lipinski definition) is 2. The van der Waals surface area contributed by atoms with Crippen molar-refractivity contribution in [2.75, 3.05) is 6.61 Å². The normalized spacial score (nSPS) is 12.2. The van der Waals surface area contributed by atoms with Gasteiger partial charge in [0.15, 0.2) is 0 Å². The van der Waals surface area contributed by atoms with Crippen LogP contribution in [0.2, 0.25) is 0 Å². The van der Waals surface area contributed by atoms with Crippen molar-refractivity contribution in [1.29, 1.82) is 0 Å². The highest BCUT2D eigenvalue weighted by Gasteiger charge is 2.28. The predicted octanol–water partition coefficient (Wildman–Crippen LogP) is 6.91. The minimum absolute atomic E-state index is 0. The number of aromatic hydroxyl groups is 1. The summed E-state index contributed by atoms with van der Waals surface area (Å²) in [5.74, 6) is 0.332. The molecule has 0 unspecified atom stereocenters. The van der Waals surface area contributed by atoms with Gasteiger partial charge in [0.25, 0.3) is 0 Å². The van der Waals surface area contributed by atoms with Gasteiger partial charge in [-0.05, 0) is 52.1 Å². The summed E-state index contributed by atoms with van der Waals surface area (Å²) in [6.07, 6.45) is 0.560. The average Bonchev–Trinajstić information content (AvgIpc) is 3.27. The van der Waals surface area contributed by atoms with Crippen molar-refractivity contribution >= 4 is 41.2 Å². The van der Waals surface area contributed by atoms with Crippen molar-refractivity contribution in [3.63, 3.8) is 0 Å². The summed E-state index contributed by atoms with van der Waals surface area (Å²) in [4.78, 5) is 18.3. The number of halogens is 1. The Morgan fingerprint density at radius 3 is 2.17 bits per heavy atom. The van der Waals surface area contributed by atoms with Gasteiger partial charge >= 0.3 is 5.97 Å². The smallest absolute Gasteiger partial charge is 0.338 e. The van der Waals surface area contributed by atoms with Gasteiger partial charge < -0.3 is 15.6 Å². The largest absolute Gasteiger partial charge is 0.507 e. The summed E-state index contributed by atoms with van der Waals surface area (Å²) in [5.41, 5.74) is 9.16. The first-order chi connectivity index (χ1) is 15.9. The molecule has 0 radical (unpaired) electrons. The highest BCUT2D eigenvalue weighted by atomic mass is 35.5. The van der Waals surface area contributed by atoms with Crippen molar-refractivity contribution < 1.29 is 14.6 Å². The maximum Gasteiger partial charge on any atom is 0.338 e. The molecule has 0 fully saturated rings. The van der Waals surface area contributed by atoms with E-state index in [1.807, 2.05) is 83.3 Å². The fourth-order valence-electron chi connectivity index (χ4n) is 3.64. The van der Waals surface area contributed by atoms with Crippen molar-refractivity contribution in [3.8, 4) is 5.75 Å². The zero-order valence-electron chi connectivity index (χ0n) is 21.2. The number of thiophene rings is 1. The minimum atomic E-state index is -0.396. The van der Waals surface area contributed by atoms with Crippen molar-refractivity contribution in [3.05, 3.63) is 81.0 Å². The number of carbonyl (C=O) groups excluding carboxylic acids is 1. The lowest BCUT2D eigenvalue weighted by atomic mass is 9.78. The third kappa shape index (κ3) is 7.33. The summed E-state index contributed by atoms with van der Waals surface area (Å²) in [6.45, 7) is 12.3. The van der Waals surface area contributed by atoms with Crippen LogP contribution in [0.3, 0.4) is 0 Å². The molecule has 0 saturated heterocycles. The molecule has 0 spiro atoms. The monoisotopic (exact) mass is 514 g/mol. The van der Waals surface area contributed by atoms with Crippen molar-refractivity contribution in [2.24, 2.45) is 10.7 Å². The quantitative estimate of drug-likeness (QED) is 0.212. The zero-order valence-corrected chi connectivity index (χ0v) is 22.8. The summed E-state index contributed by atoms with van der Waals surface area (Å²) in [5, 5.41) is 12.8. The van der Waals surface area contributed by atoms with Gasteiger partial charge in [0, 0.05) is 17.5 Å². The Bertz CT molecular complexity index is 1150. The van der Waals surface area contributed by atoms with Gasteiger partial charge in [-0.15, -0.1) is 23.7 Å². The molecule has 1 aromatic heterocycles. The Morgan fingerprint density at radius 2 is 1.63 bits per heavy atom. The van der Waals surface area contributed by atoms with Gasteiger partial charge in [0.2, 0.25) is 0 Å². The number of amidine groups is 1. The van der Waals surface area contributed by atoms with E-state index in [1.54, 1.807) is 23.5 Å². The van der Waals surface area contributed by atoms with E-state index in [4.69, 9.17) is 10.5 Å². The number of rotatable bonds is 6. The van der Waals surface area contributed by atoms with Crippen LogP contribution < -0.4 is 5.73 Å². The number of carbonyl (C=O) groups is 1. The van der Waals surface area contributed by atoms with Crippen LogP contribution in [0.15, 0.2) is 58.9 Å². The van der Waals surface area contributed by atoms with Crippen molar-refractivity contribution in [1.82, 2.24) is 0 Å². The standard InChI is InChI=1S/C28H34N2O3S.ClH/c1-27(2,3)21-16-19(17-22(24(21)31)28(4,5)6)26(32)33-13-12-18-9-7-10-20(15-18)30-25(29)23-11-8-14-34-23;/h7-11,14-17,31H,12-13H2,1-6H3,(H2,29,30);1H. The number of ether oxygens (including phenoxy) is 1. The molecule has 0 aliphatic rings. The van der Waals surface area contributed by atoms with E-state index in [2.05, 4.69) is 4.99 Å². The van der Waals surface area contributed by atoms with Crippen LogP contribution in [-0.2, 0) is 22.0 Å². The molecular weight excluding hydrogens is 480 g/mol. The van der Waals surface area contributed by atoms with E-state index in [-0.39, 0.29) is 35.6 Å². The summed E-state index contributed by atoms with van der Waals surface area (Å²) >= 11 is 1.55. The summed E-state index contributed by atoms with van der Waals surface area (Å²) in [7, 11) is 0. The van der Waals surface area contributed by atoms with Crippen molar-refractivity contribution in [2.45, 2.75) is 58.8 Å². The Labute approximate surface area is 218 Å². The first-order valence-corrected chi connectivity index (χ1v) is 12.3. The van der Waals surface area contributed by atoms with Crippen LogP contribution in [0, 0.1) is 0 Å². The number of nitrogens with two attached hydrogens (primary N) is 1. The first kappa shape index (κ1) is 28.4. The summed E-state index contributed by atoms with van der Waals surface area (Å²) < 4.78 is 5.61. The third-order valence-electron chi connectivity index (χ3n) is 5.52. The second kappa shape index (κ2) is 11.3. The Morgan fingerprint density at radius 1 is 1.00 bits per heavy atom. The van der Waals surface area contributed by atoms with Crippen LogP contribution in [0.4, 0.5) is 5.69 Å². The van der Waals surface area contributed by atoms with Crippen LogP contribution in [0.5, 0.6) is 5.75 Å². The maximum absolute atomic E-state index is 12.9. The van der Waals surface area contributed by atoms with Gasteiger partial charge in [0.05, 0.1) is 22.7 Å². The molecule has 3 N–H and O–H groups in total. The fraction of sp³-hybridized carbons (Fsp3) is 0.357. The molecule has 3 aromatic rings. The molecule has 2 aromatic carbocycles. The molecule has 0 bridgehead atoms. The van der Waals surface area contributed by atoms with Crippen LogP contribution in [0.25, 0.3) is 0 Å². The number of aliphatic imine (C=N–C) groups is 1. The number of phenolic OH excluding ortho intramolecular Hbond substituents is 1. The minimum Gasteiger partial charge on any atom is -0.507 e. The lowest BCUT2D eigenvalue weighted by molar-refractivity contribution is 0.0509. The fourth-order valence-corrected chi connectivity index (χ4v) is 4.27. The Kier molecular flexibility index (Phi) is 9.15. The molecule has 5 nitrogen and oxygen atoms in total. The number of hydrogen-bond acceptors (Lipinski definition) is 5. The average molecular weight is 515 g/mol. The molecule has 0 saturated carbocycles. The predicted molar refractivity (Wildman–Crippen MR) is 148 cm³/mol. The molecule has 3 rings (SSSR count). The second-order valence-corrected chi connectivity index (χ2v) is 11.4. The van der Waals surface area contributed by atoms with E-state index in [0.717, 1.165) is 27.3 Å². The number of esters is 1. The topological polar surface area (TPSA) is 84.9 Å². The van der Waals surface area contributed by atoms with Crippen LogP contribution in [-0.4, -0.2) is 23.5 Å². The van der Waals surface area contributed by atoms with E-state index in [9.17, 15) is 9.90 Å². The SMILES string of the molecule is CC(C)(C)c1cc(C(=O)OCCc2cccc(N=C(N)c3cccs3)c2)cc(C(C)(C)C)c1O.Cl. The molecule has 0 atom stereocenters. The molecular formula is C28H35ClN2O3S. The maximum atomic E-state index is 12.9. The van der Waals surface area contributed by atoms with Gasteiger partial charge in [-0.3, -0.25) is 0 Å². The van der Waals surface area contributed by atoms with Gasteiger partial charge in [-0.2, -0.15) is 0 Å². The van der Waals surface area contributed by atoms with Gasteiger partial charge in [-0.1, -0.05) is 59.7 Å². The first-order valence-electron chi connectivity index (χ1n) is 11.4. The Balaban J connectivity index is 0.00000432. The molecule has 35 heavy (non-hydrogen) atoms. The zero-order chi connectivity index (χ0) is 25.1. The molecule has 1 heterocycles. The van der Waals surface area contributed by atoms with Crippen LogP contribution >= 0.6 is 23.7 Å². The molecule has 188 valence electrons. The molecule has 7 heteroatoms. The lowest BCUT2D eigenvalue weighted by Crippen LogP contribution is -2.19. The second-order valence-electron chi connectivity index (χ2n) is 10.5. The summed E-state index contributed by atoms with van der Waals surface area (Å²) in [6, 6.07) is 15.1. The third-order valence-corrected chi connectivity index (χ3v) is 6.41. The molecule has 0 aliphatic heterocycles. The lowest BCUT2D eigenvalue weighted by Gasteiger charge is -2.28. The Hall–Kier alpha value is -2.83. The highest BCUT2D eigenvalue weighted by molar-refractivity contribution is 7.12. The van der Waals surface area contributed by atoms with E-state index < -0.39 is 5.97 Å². The molecule has 0 aliphatic carbocycles. The number of phenols is 1. The van der Waals surface area contributed by atoms with Gasteiger partial charge in [-0.25, -0.2) is 9.79 Å². The highest BCUT2D eigenvalue weighted by Crippen LogP contribution is 2.39.